The minimum atomic E-state index is -1.15. The highest BCUT2D eigenvalue weighted by Crippen LogP contribution is 2.46. The molecule has 2 fully saturated rings. The molecule has 1 aromatic carbocycles. The van der Waals surface area contributed by atoms with Gasteiger partial charge in [0, 0.05) is 32.2 Å². The Morgan fingerprint density at radius 1 is 1.16 bits per heavy atom. The number of carbonyl (C=O) groups is 2. The highest BCUT2D eigenvalue weighted by Gasteiger charge is 2.56. The Bertz CT molecular complexity index is 659. The van der Waals surface area contributed by atoms with Crippen LogP contribution in [0.4, 0.5) is 14.5 Å². The number of anilines is 1. The first kappa shape index (κ1) is 17.8. The van der Waals surface area contributed by atoms with Crippen molar-refractivity contribution in [1.29, 1.82) is 0 Å². The van der Waals surface area contributed by atoms with E-state index in [0.717, 1.165) is 25.2 Å². The van der Waals surface area contributed by atoms with Crippen LogP contribution in [0.15, 0.2) is 18.2 Å². The summed E-state index contributed by atoms with van der Waals surface area (Å²) in [5, 5.41) is 5.18. The number of carbonyl (C=O) groups excluding carboxylic acids is 2. The van der Waals surface area contributed by atoms with Crippen molar-refractivity contribution >= 4 is 17.5 Å². The summed E-state index contributed by atoms with van der Waals surface area (Å²) in [5.74, 6) is -2.49. The first-order valence-electron chi connectivity index (χ1n) is 8.36. The van der Waals surface area contributed by atoms with Gasteiger partial charge in [0.25, 0.3) is 0 Å². The van der Waals surface area contributed by atoms with Gasteiger partial charge in [-0.05, 0) is 25.0 Å². The molecule has 2 aliphatic rings. The maximum Gasteiger partial charge on any atom is 0.240 e. The van der Waals surface area contributed by atoms with Crippen LogP contribution in [-0.2, 0) is 14.3 Å². The van der Waals surface area contributed by atoms with Crippen LogP contribution in [-0.4, -0.2) is 56.1 Å². The minimum Gasteiger partial charge on any atom is -0.379 e. The Morgan fingerprint density at radius 3 is 2.52 bits per heavy atom. The van der Waals surface area contributed by atoms with Gasteiger partial charge < -0.3 is 15.4 Å². The molecular formula is C17H21F2N3O3. The highest BCUT2D eigenvalue weighted by molar-refractivity contribution is 6.13. The monoisotopic (exact) mass is 353 g/mol. The van der Waals surface area contributed by atoms with Crippen molar-refractivity contribution < 1.29 is 23.1 Å². The lowest BCUT2D eigenvalue weighted by Gasteiger charge is -2.26. The lowest BCUT2D eigenvalue weighted by Crippen LogP contribution is -2.45. The fraction of sp³-hybridized carbons (Fsp3) is 0.529. The zero-order valence-corrected chi connectivity index (χ0v) is 13.8. The van der Waals surface area contributed by atoms with Gasteiger partial charge in [-0.25, -0.2) is 8.78 Å². The van der Waals surface area contributed by atoms with Gasteiger partial charge in [0.1, 0.15) is 17.0 Å². The predicted octanol–water partition coefficient (Wildman–Crippen LogP) is 1.13. The molecule has 1 heterocycles. The smallest absolute Gasteiger partial charge is 0.240 e. The van der Waals surface area contributed by atoms with Crippen LogP contribution in [0.3, 0.4) is 0 Å². The number of ether oxygens (including phenoxy) is 1. The Kier molecular flexibility index (Phi) is 5.29. The molecule has 0 aromatic heterocycles. The third-order valence-corrected chi connectivity index (χ3v) is 4.62. The zero-order valence-electron chi connectivity index (χ0n) is 13.8. The minimum absolute atomic E-state index is 0.126. The molecule has 0 unspecified atom stereocenters. The second kappa shape index (κ2) is 7.45. The maximum absolute atomic E-state index is 13.7. The molecule has 8 heteroatoms. The van der Waals surface area contributed by atoms with Gasteiger partial charge in [-0.3, -0.25) is 14.5 Å². The van der Waals surface area contributed by atoms with Crippen LogP contribution in [0, 0.1) is 17.0 Å². The summed E-state index contributed by atoms with van der Waals surface area (Å²) >= 11 is 0. The van der Waals surface area contributed by atoms with E-state index in [0.29, 0.717) is 45.2 Å². The maximum atomic E-state index is 13.7. The average Bonchev–Trinajstić information content (AvgIpc) is 3.40. The van der Waals surface area contributed by atoms with Crippen molar-refractivity contribution in [3.63, 3.8) is 0 Å². The Hall–Kier alpha value is -2.06. The van der Waals surface area contributed by atoms with Gasteiger partial charge in [-0.2, -0.15) is 0 Å². The molecule has 3 rings (SSSR count). The molecule has 25 heavy (non-hydrogen) atoms. The standard InChI is InChI=1S/C17H21F2N3O3/c18-12-1-2-14(13(19)11-12)21-16(24)17(3-4-17)15(23)20-5-6-22-7-9-25-10-8-22/h1-2,11H,3-10H2,(H,20,23)(H,21,24). The molecule has 0 spiro atoms. The molecule has 1 saturated heterocycles. The van der Waals surface area contributed by atoms with Gasteiger partial charge in [0.15, 0.2) is 0 Å². The first-order valence-corrected chi connectivity index (χ1v) is 8.36. The fourth-order valence-corrected chi connectivity index (χ4v) is 2.84. The molecule has 0 atom stereocenters. The van der Waals surface area contributed by atoms with Crippen molar-refractivity contribution in [3.8, 4) is 0 Å². The summed E-state index contributed by atoms with van der Waals surface area (Å²) in [4.78, 5) is 26.9. The van der Waals surface area contributed by atoms with Gasteiger partial charge in [-0.15, -0.1) is 0 Å². The van der Waals surface area contributed by atoms with Gasteiger partial charge in [0.2, 0.25) is 11.8 Å². The summed E-state index contributed by atoms with van der Waals surface area (Å²) in [6.45, 7) is 4.15. The summed E-state index contributed by atoms with van der Waals surface area (Å²) < 4.78 is 31.8. The predicted molar refractivity (Wildman–Crippen MR) is 86.9 cm³/mol. The number of hydrogen-bond donors (Lipinski definition) is 2. The third-order valence-electron chi connectivity index (χ3n) is 4.62. The van der Waals surface area contributed by atoms with Crippen LogP contribution in [0.25, 0.3) is 0 Å². The van der Waals surface area contributed by atoms with Crippen LogP contribution >= 0.6 is 0 Å². The molecule has 0 radical (unpaired) electrons. The fourth-order valence-electron chi connectivity index (χ4n) is 2.84. The van der Waals surface area contributed by atoms with Crippen LogP contribution in [0.5, 0.6) is 0 Å². The molecule has 6 nitrogen and oxygen atoms in total. The number of nitrogens with zero attached hydrogens (tertiary/aromatic N) is 1. The van der Waals surface area contributed by atoms with E-state index in [4.69, 9.17) is 4.74 Å². The molecule has 1 aromatic rings. The van der Waals surface area contributed by atoms with Crippen molar-refractivity contribution in [2.75, 3.05) is 44.7 Å². The van der Waals surface area contributed by atoms with E-state index in [2.05, 4.69) is 15.5 Å². The average molecular weight is 353 g/mol. The van der Waals surface area contributed by atoms with Crippen LogP contribution in [0.1, 0.15) is 12.8 Å². The molecule has 136 valence electrons. The SMILES string of the molecule is O=C(NCCN1CCOCC1)C1(C(=O)Nc2ccc(F)cc2F)CC1. The second-order valence-electron chi connectivity index (χ2n) is 6.37. The van der Waals surface area contributed by atoms with E-state index in [1.807, 2.05) is 0 Å². The summed E-state index contributed by atoms with van der Waals surface area (Å²) in [6.07, 6.45) is 0.843. The summed E-state index contributed by atoms with van der Waals surface area (Å²) in [5.41, 5.74) is -1.27. The Balaban J connectivity index is 1.51. The number of benzene rings is 1. The molecule has 1 saturated carbocycles. The molecular weight excluding hydrogens is 332 g/mol. The first-order chi connectivity index (χ1) is 12.0. The van der Waals surface area contributed by atoms with E-state index in [-0.39, 0.29) is 11.6 Å². The third kappa shape index (κ3) is 4.13. The molecule has 2 N–H and O–H groups in total. The van der Waals surface area contributed by atoms with Crippen molar-refractivity contribution in [2.24, 2.45) is 5.41 Å². The topological polar surface area (TPSA) is 70.7 Å². The van der Waals surface area contributed by atoms with E-state index >= 15 is 0 Å². The van der Waals surface area contributed by atoms with Gasteiger partial charge >= 0.3 is 0 Å². The van der Waals surface area contributed by atoms with Gasteiger partial charge in [0.05, 0.1) is 18.9 Å². The normalized spacial score (nSPS) is 19.3. The Labute approximate surface area is 144 Å². The lowest BCUT2D eigenvalue weighted by atomic mass is 10.0. The number of morpholine rings is 1. The molecule has 1 aliphatic heterocycles. The second-order valence-corrected chi connectivity index (χ2v) is 6.37. The largest absolute Gasteiger partial charge is 0.379 e. The number of amides is 2. The number of hydrogen-bond acceptors (Lipinski definition) is 4. The van der Waals surface area contributed by atoms with Crippen LogP contribution in [0.2, 0.25) is 0 Å². The van der Waals surface area contributed by atoms with Crippen molar-refractivity contribution in [2.45, 2.75) is 12.8 Å². The van der Waals surface area contributed by atoms with Crippen LogP contribution < -0.4 is 10.6 Å². The zero-order chi connectivity index (χ0) is 17.9. The summed E-state index contributed by atoms with van der Waals surface area (Å²) in [6, 6.07) is 2.90. The number of rotatable bonds is 6. The number of halogens is 2. The summed E-state index contributed by atoms with van der Waals surface area (Å²) in [7, 11) is 0. The van der Waals surface area contributed by atoms with E-state index in [1.165, 1.54) is 0 Å². The Morgan fingerprint density at radius 2 is 1.88 bits per heavy atom. The van der Waals surface area contributed by atoms with E-state index in [1.54, 1.807) is 0 Å². The van der Waals surface area contributed by atoms with Crippen molar-refractivity contribution in [1.82, 2.24) is 10.2 Å². The molecule has 2 amide bonds. The molecule has 1 aliphatic carbocycles. The lowest BCUT2D eigenvalue weighted by molar-refractivity contribution is -0.134. The number of nitrogens with one attached hydrogen (secondary N) is 2. The van der Waals surface area contributed by atoms with Crippen molar-refractivity contribution in [3.05, 3.63) is 29.8 Å². The molecule has 0 bridgehead atoms. The highest BCUT2D eigenvalue weighted by atomic mass is 19.1. The quantitative estimate of drug-likeness (QED) is 0.753. The van der Waals surface area contributed by atoms with E-state index in [9.17, 15) is 18.4 Å². The van der Waals surface area contributed by atoms with Gasteiger partial charge in [-0.1, -0.05) is 0 Å². The van der Waals surface area contributed by atoms with E-state index < -0.39 is 23.0 Å².